The molecule has 2 atom stereocenters. The van der Waals surface area contributed by atoms with Crippen molar-refractivity contribution in [3.63, 3.8) is 0 Å². The highest BCUT2D eigenvalue weighted by molar-refractivity contribution is 7.89. The molecule has 2 aromatic heterocycles. The van der Waals surface area contributed by atoms with Crippen molar-refractivity contribution in [1.82, 2.24) is 19.0 Å². The van der Waals surface area contributed by atoms with Crippen LogP contribution in [0.5, 0.6) is 0 Å². The van der Waals surface area contributed by atoms with Gasteiger partial charge in [0.2, 0.25) is 0 Å². The summed E-state index contributed by atoms with van der Waals surface area (Å²) in [6, 6.07) is 3.43. The molecule has 9 heteroatoms. The summed E-state index contributed by atoms with van der Waals surface area (Å²) in [5, 5.41) is 3.76. The van der Waals surface area contributed by atoms with Gasteiger partial charge in [-0.05, 0) is 12.5 Å². The third kappa shape index (κ3) is 1.99. The summed E-state index contributed by atoms with van der Waals surface area (Å²) >= 11 is 12.0. The molecule has 2 aliphatic heterocycles. The lowest BCUT2D eigenvalue weighted by atomic mass is 10.2. The second-order valence-electron chi connectivity index (χ2n) is 5.35. The number of aromatic nitrogens is 2. The van der Waals surface area contributed by atoms with Crippen molar-refractivity contribution >= 4 is 38.9 Å². The Hall–Kier alpha value is -0.860. The summed E-state index contributed by atoms with van der Waals surface area (Å²) in [6.45, 7) is 1.16. The molecule has 1 N–H and O–H groups in total. The molecule has 0 unspecified atom stereocenters. The predicted molar refractivity (Wildman–Crippen MR) is 79.3 cm³/mol. The van der Waals surface area contributed by atoms with Gasteiger partial charge in [-0.2, -0.15) is 4.31 Å². The Morgan fingerprint density at radius 2 is 2.19 bits per heavy atom. The minimum absolute atomic E-state index is 0.00563. The lowest BCUT2D eigenvalue weighted by Crippen LogP contribution is -2.46. The summed E-state index contributed by atoms with van der Waals surface area (Å²) < 4.78 is 28.9. The van der Waals surface area contributed by atoms with Gasteiger partial charge in [-0.3, -0.25) is 4.40 Å². The van der Waals surface area contributed by atoms with Crippen LogP contribution < -0.4 is 5.32 Å². The first kappa shape index (κ1) is 13.8. The first-order valence-corrected chi connectivity index (χ1v) is 8.75. The zero-order chi connectivity index (χ0) is 14.8. The molecule has 0 radical (unpaired) electrons. The molecule has 0 spiro atoms. The van der Waals surface area contributed by atoms with Crippen molar-refractivity contribution in [2.75, 3.05) is 13.1 Å². The van der Waals surface area contributed by atoms with Gasteiger partial charge in [-0.15, -0.1) is 0 Å². The van der Waals surface area contributed by atoms with Crippen LogP contribution in [-0.2, 0) is 10.0 Å². The van der Waals surface area contributed by atoms with Gasteiger partial charge in [-0.1, -0.05) is 23.2 Å². The van der Waals surface area contributed by atoms with E-state index in [0.29, 0.717) is 23.8 Å². The number of nitrogens with one attached hydrogen (secondary N) is 1. The predicted octanol–water partition coefficient (Wildman–Crippen LogP) is 1.38. The van der Waals surface area contributed by atoms with Crippen LogP contribution in [0.2, 0.25) is 10.2 Å². The van der Waals surface area contributed by atoms with Crippen molar-refractivity contribution in [1.29, 1.82) is 0 Å². The number of imidazole rings is 1. The summed E-state index contributed by atoms with van der Waals surface area (Å²) in [5.41, 5.74) is 0.425. The maximum absolute atomic E-state index is 12.9. The van der Waals surface area contributed by atoms with Crippen LogP contribution in [0.1, 0.15) is 6.42 Å². The molecule has 21 heavy (non-hydrogen) atoms. The maximum atomic E-state index is 12.9. The van der Waals surface area contributed by atoms with Gasteiger partial charge < -0.3 is 5.32 Å². The molecule has 2 bridgehead atoms. The minimum Gasteiger partial charge on any atom is -0.311 e. The van der Waals surface area contributed by atoms with E-state index in [1.54, 1.807) is 18.3 Å². The Morgan fingerprint density at radius 1 is 1.38 bits per heavy atom. The van der Waals surface area contributed by atoms with Crippen molar-refractivity contribution in [2.45, 2.75) is 23.5 Å². The smallest absolute Gasteiger partial charge is 0.262 e. The summed E-state index contributed by atoms with van der Waals surface area (Å²) in [5.74, 6) is 0. The standard InChI is InChI=1S/C12H12Cl2N4O2S/c13-7-1-2-17-10(3-7)16-11(14)12(17)21(19,20)18-6-8-4-9(18)5-15-8/h1-3,8-9,15H,4-6H2/t8-,9-/m0/s1. The molecule has 4 heterocycles. The van der Waals surface area contributed by atoms with E-state index >= 15 is 0 Å². The van der Waals surface area contributed by atoms with Crippen LogP contribution in [0.25, 0.3) is 5.65 Å². The van der Waals surface area contributed by atoms with E-state index in [1.165, 1.54) is 8.71 Å². The molecular weight excluding hydrogens is 335 g/mol. The van der Waals surface area contributed by atoms with Gasteiger partial charge in [0.1, 0.15) is 5.65 Å². The van der Waals surface area contributed by atoms with Gasteiger partial charge >= 0.3 is 0 Å². The van der Waals surface area contributed by atoms with Crippen LogP contribution in [0.3, 0.4) is 0 Å². The first-order chi connectivity index (χ1) is 9.96. The SMILES string of the molecule is O=S(=O)(c1c(Cl)nc2cc(Cl)ccn12)N1C[C@@H]2C[C@H]1CN2. The number of halogens is 2. The van der Waals surface area contributed by atoms with Crippen LogP contribution in [0.4, 0.5) is 0 Å². The zero-order valence-electron chi connectivity index (χ0n) is 10.8. The molecule has 2 fully saturated rings. The van der Waals surface area contributed by atoms with Crippen LogP contribution >= 0.6 is 23.2 Å². The van der Waals surface area contributed by atoms with E-state index in [-0.39, 0.29) is 22.3 Å². The van der Waals surface area contributed by atoms with Gasteiger partial charge in [0.05, 0.1) is 0 Å². The Morgan fingerprint density at radius 3 is 2.86 bits per heavy atom. The van der Waals surface area contributed by atoms with E-state index in [0.717, 1.165) is 6.42 Å². The zero-order valence-corrected chi connectivity index (χ0v) is 13.2. The number of rotatable bonds is 2. The van der Waals surface area contributed by atoms with Gasteiger partial charge in [0.15, 0.2) is 10.2 Å². The van der Waals surface area contributed by atoms with Crippen LogP contribution in [0.15, 0.2) is 23.4 Å². The first-order valence-electron chi connectivity index (χ1n) is 6.55. The Balaban J connectivity index is 1.87. The van der Waals surface area contributed by atoms with Crippen LogP contribution in [-0.4, -0.2) is 47.3 Å². The molecule has 4 rings (SSSR count). The van der Waals surface area contributed by atoms with Gasteiger partial charge in [0, 0.05) is 42.5 Å². The van der Waals surface area contributed by atoms with E-state index in [1.807, 2.05) is 0 Å². The number of pyridine rings is 1. The van der Waals surface area contributed by atoms with Crippen LogP contribution in [0, 0.1) is 0 Å². The topological polar surface area (TPSA) is 66.7 Å². The molecular formula is C12H12Cl2N4O2S. The van der Waals surface area contributed by atoms with Crippen molar-refractivity contribution in [2.24, 2.45) is 0 Å². The largest absolute Gasteiger partial charge is 0.311 e. The average Bonchev–Trinajstić information content (AvgIpc) is 3.10. The maximum Gasteiger partial charge on any atom is 0.262 e. The van der Waals surface area contributed by atoms with Crippen molar-refractivity contribution < 1.29 is 8.42 Å². The highest BCUT2D eigenvalue weighted by Crippen LogP contribution is 2.33. The fraction of sp³-hybridized carbons (Fsp3) is 0.417. The molecule has 0 amide bonds. The Bertz CT molecular complexity index is 835. The monoisotopic (exact) mass is 346 g/mol. The highest BCUT2D eigenvalue weighted by Gasteiger charge is 2.45. The second-order valence-corrected chi connectivity index (χ2v) is 7.95. The van der Waals surface area contributed by atoms with Crippen molar-refractivity contribution in [3.8, 4) is 0 Å². The average molecular weight is 347 g/mol. The highest BCUT2D eigenvalue weighted by atomic mass is 35.5. The number of sulfonamides is 1. The number of hydrogen-bond acceptors (Lipinski definition) is 4. The molecule has 112 valence electrons. The number of nitrogens with zero attached hydrogens (tertiary/aromatic N) is 3. The molecule has 0 aliphatic carbocycles. The van der Waals surface area contributed by atoms with E-state index in [2.05, 4.69) is 10.3 Å². The third-order valence-corrected chi connectivity index (χ3v) is 6.62. The minimum atomic E-state index is -3.68. The fourth-order valence-electron chi connectivity index (χ4n) is 3.13. The lowest BCUT2D eigenvalue weighted by molar-refractivity contribution is 0.347. The molecule has 2 saturated heterocycles. The number of fused-ring (bicyclic) bond motifs is 3. The number of hydrogen-bond donors (Lipinski definition) is 1. The Labute approximate surface area is 131 Å². The lowest BCUT2D eigenvalue weighted by Gasteiger charge is -2.26. The molecule has 6 nitrogen and oxygen atoms in total. The molecule has 0 aromatic carbocycles. The summed E-state index contributed by atoms with van der Waals surface area (Å²) in [6.07, 6.45) is 2.43. The van der Waals surface area contributed by atoms with Gasteiger partial charge in [0.25, 0.3) is 10.0 Å². The van der Waals surface area contributed by atoms with E-state index < -0.39 is 10.0 Å². The molecule has 2 aromatic rings. The quantitative estimate of drug-likeness (QED) is 0.891. The Kier molecular flexibility index (Phi) is 3.00. The van der Waals surface area contributed by atoms with Gasteiger partial charge in [-0.25, -0.2) is 13.4 Å². The molecule has 2 aliphatic rings. The fourth-order valence-corrected chi connectivity index (χ4v) is 5.56. The molecule has 0 saturated carbocycles. The summed E-state index contributed by atoms with van der Waals surface area (Å²) in [4.78, 5) is 4.10. The van der Waals surface area contributed by atoms with E-state index in [4.69, 9.17) is 23.2 Å². The number of piperazine rings is 1. The second kappa shape index (κ2) is 4.57. The van der Waals surface area contributed by atoms with E-state index in [9.17, 15) is 8.42 Å². The third-order valence-electron chi connectivity index (χ3n) is 4.06. The summed E-state index contributed by atoms with van der Waals surface area (Å²) in [7, 11) is -3.68. The van der Waals surface area contributed by atoms with Crippen molar-refractivity contribution in [3.05, 3.63) is 28.5 Å². The normalized spacial score (nSPS) is 26.0.